The molecule has 1 aromatic heterocycles. The Hall–Kier alpha value is -2.36. The highest BCUT2D eigenvalue weighted by molar-refractivity contribution is 6.05. The van der Waals surface area contributed by atoms with Crippen LogP contribution in [-0.2, 0) is 6.42 Å². The lowest BCUT2D eigenvalue weighted by molar-refractivity contribution is 0.0980. The number of amides is 1. The fourth-order valence-corrected chi connectivity index (χ4v) is 2.74. The van der Waals surface area contributed by atoms with Crippen LogP contribution in [0.4, 0.5) is 11.4 Å². The lowest BCUT2D eigenvalue weighted by atomic mass is 10.0. The van der Waals surface area contributed by atoms with Gasteiger partial charge in [-0.25, -0.2) is 0 Å². The van der Waals surface area contributed by atoms with Gasteiger partial charge < -0.3 is 10.2 Å². The molecule has 21 heavy (non-hydrogen) atoms. The SMILES string of the molecule is CCNc1ccnc(C(=O)N2CCCc3ccccc32)c1. The normalized spacial score (nSPS) is 13.7. The number of fused-ring (bicyclic) bond motifs is 1. The van der Waals surface area contributed by atoms with Crippen molar-refractivity contribution in [3.05, 3.63) is 53.9 Å². The van der Waals surface area contributed by atoms with E-state index in [4.69, 9.17) is 0 Å². The summed E-state index contributed by atoms with van der Waals surface area (Å²) in [5.41, 5.74) is 3.68. The first-order valence-corrected chi connectivity index (χ1v) is 7.39. The topological polar surface area (TPSA) is 45.2 Å². The van der Waals surface area contributed by atoms with E-state index in [1.807, 2.05) is 42.2 Å². The molecule has 1 aliphatic heterocycles. The number of rotatable bonds is 3. The molecule has 0 saturated carbocycles. The van der Waals surface area contributed by atoms with Crippen LogP contribution in [-0.4, -0.2) is 24.0 Å². The third-order valence-electron chi connectivity index (χ3n) is 3.72. The molecule has 0 saturated heterocycles. The number of anilines is 2. The number of nitrogens with one attached hydrogen (secondary N) is 1. The van der Waals surface area contributed by atoms with Gasteiger partial charge in [0.1, 0.15) is 5.69 Å². The molecule has 1 aromatic carbocycles. The summed E-state index contributed by atoms with van der Waals surface area (Å²) in [6.07, 6.45) is 3.71. The summed E-state index contributed by atoms with van der Waals surface area (Å²) in [5.74, 6) is -0.0260. The van der Waals surface area contributed by atoms with Gasteiger partial charge in [0.15, 0.2) is 0 Å². The predicted octanol–water partition coefficient (Wildman–Crippen LogP) is 3.11. The molecule has 0 radical (unpaired) electrons. The molecule has 0 bridgehead atoms. The second kappa shape index (κ2) is 5.95. The molecule has 3 rings (SSSR count). The van der Waals surface area contributed by atoms with E-state index in [0.29, 0.717) is 5.69 Å². The first-order chi connectivity index (χ1) is 10.3. The van der Waals surface area contributed by atoms with Gasteiger partial charge in [0.25, 0.3) is 5.91 Å². The molecular formula is C17H19N3O. The summed E-state index contributed by atoms with van der Waals surface area (Å²) in [4.78, 5) is 18.8. The van der Waals surface area contributed by atoms with Crippen LogP contribution in [0.2, 0.25) is 0 Å². The molecule has 0 fully saturated rings. The number of hydrogen-bond donors (Lipinski definition) is 1. The largest absolute Gasteiger partial charge is 0.385 e. The fraction of sp³-hybridized carbons (Fsp3) is 0.294. The average Bonchev–Trinajstić information content (AvgIpc) is 2.54. The van der Waals surface area contributed by atoms with Crippen molar-refractivity contribution in [2.75, 3.05) is 23.3 Å². The maximum absolute atomic E-state index is 12.8. The van der Waals surface area contributed by atoms with E-state index in [2.05, 4.69) is 16.4 Å². The van der Waals surface area contributed by atoms with E-state index in [-0.39, 0.29) is 5.91 Å². The van der Waals surface area contributed by atoms with Crippen molar-refractivity contribution >= 4 is 17.3 Å². The summed E-state index contributed by atoms with van der Waals surface area (Å²) in [5, 5.41) is 3.21. The van der Waals surface area contributed by atoms with E-state index in [0.717, 1.165) is 37.3 Å². The van der Waals surface area contributed by atoms with E-state index < -0.39 is 0 Å². The fourth-order valence-electron chi connectivity index (χ4n) is 2.74. The van der Waals surface area contributed by atoms with Crippen molar-refractivity contribution in [1.82, 2.24) is 4.98 Å². The van der Waals surface area contributed by atoms with Crippen molar-refractivity contribution in [3.8, 4) is 0 Å². The molecule has 1 aliphatic rings. The van der Waals surface area contributed by atoms with Crippen LogP contribution in [0, 0.1) is 0 Å². The van der Waals surface area contributed by atoms with Crippen LogP contribution in [0.1, 0.15) is 29.4 Å². The smallest absolute Gasteiger partial charge is 0.276 e. The van der Waals surface area contributed by atoms with Crippen molar-refractivity contribution in [2.45, 2.75) is 19.8 Å². The summed E-state index contributed by atoms with van der Waals surface area (Å²) in [7, 11) is 0. The zero-order valence-corrected chi connectivity index (χ0v) is 12.2. The first-order valence-electron chi connectivity index (χ1n) is 7.39. The molecule has 0 unspecified atom stereocenters. The van der Waals surface area contributed by atoms with E-state index in [9.17, 15) is 4.79 Å². The van der Waals surface area contributed by atoms with Crippen molar-refractivity contribution in [3.63, 3.8) is 0 Å². The van der Waals surface area contributed by atoms with Crippen LogP contribution >= 0.6 is 0 Å². The number of aromatic nitrogens is 1. The maximum atomic E-state index is 12.8. The Morgan fingerprint density at radius 2 is 2.19 bits per heavy atom. The predicted molar refractivity (Wildman–Crippen MR) is 84.8 cm³/mol. The molecule has 108 valence electrons. The summed E-state index contributed by atoms with van der Waals surface area (Å²) >= 11 is 0. The standard InChI is InChI=1S/C17H19N3O/c1-2-18-14-9-10-19-15(12-14)17(21)20-11-5-7-13-6-3-4-8-16(13)20/h3-4,6,8-10,12H,2,5,7,11H2,1H3,(H,18,19). The Labute approximate surface area is 124 Å². The lowest BCUT2D eigenvalue weighted by Crippen LogP contribution is -2.35. The number of benzene rings is 1. The summed E-state index contributed by atoms with van der Waals surface area (Å²) in [6, 6.07) is 11.8. The minimum atomic E-state index is -0.0260. The van der Waals surface area contributed by atoms with E-state index in [1.54, 1.807) is 6.20 Å². The third-order valence-corrected chi connectivity index (χ3v) is 3.72. The van der Waals surface area contributed by atoms with Crippen LogP contribution in [0.3, 0.4) is 0 Å². The van der Waals surface area contributed by atoms with Gasteiger partial charge in [-0.15, -0.1) is 0 Å². The Balaban J connectivity index is 1.91. The Bertz CT molecular complexity index is 654. The quantitative estimate of drug-likeness (QED) is 0.940. The van der Waals surface area contributed by atoms with Gasteiger partial charge in [-0.3, -0.25) is 9.78 Å². The Kier molecular flexibility index (Phi) is 3.86. The van der Waals surface area contributed by atoms with Gasteiger partial charge in [-0.2, -0.15) is 0 Å². The highest BCUT2D eigenvalue weighted by atomic mass is 16.2. The number of aryl methyl sites for hydroxylation is 1. The van der Waals surface area contributed by atoms with Gasteiger partial charge in [-0.1, -0.05) is 18.2 Å². The van der Waals surface area contributed by atoms with Gasteiger partial charge in [0.05, 0.1) is 0 Å². The maximum Gasteiger partial charge on any atom is 0.276 e. The van der Waals surface area contributed by atoms with Gasteiger partial charge in [-0.05, 0) is 43.5 Å². The molecule has 2 heterocycles. The molecule has 1 N–H and O–H groups in total. The second-order valence-corrected chi connectivity index (χ2v) is 5.15. The number of pyridine rings is 1. The number of carbonyl (C=O) groups excluding carboxylic acids is 1. The highest BCUT2D eigenvalue weighted by Gasteiger charge is 2.24. The van der Waals surface area contributed by atoms with Crippen LogP contribution in [0.5, 0.6) is 0 Å². The van der Waals surface area contributed by atoms with E-state index >= 15 is 0 Å². The number of hydrogen-bond acceptors (Lipinski definition) is 3. The minimum Gasteiger partial charge on any atom is -0.385 e. The highest BCUT2D eigenvalue weighted by Crippen LogP contribution is 2.28. The van der Waals surface area contributed by atoms with Gasteiger partial charge in [0.2, 0.25) is 0 Å². The third kappa shape index (κ3) is 2.75. The van der Waals surface area contributed by atoms with Crippen LogP contribution < -0.4 is 10.2 Å². The monoisotopic (exact) mass is 281 g/mol. The van der Waals surface area contributed by atoms with Gasteiger partial charge in [0, 0.05) is 30.7 Å². The Morgan fingerprint density at radius 1 is 1.33 bits per heavy atom. The number of para-hydroxylation sites is 1. The van der Waals surface area contributed by atoms with Crippen molar-refractivity contribution < 1.29 is 4.79 Å². The number of nitrogens with zero attached hydrogens (tertiary/aromatic N) is 2. The average molecular weight is 281 g/mol. The molecule has 4 heteroatoms. The van der Waals surface area contributed by atoms with Crippen molar-refractivity contribution in [1.29, 1.82) is 0 Å². The zero-order valence-electron chi connectivity index (χ0n) is 12.2. The van der Waals surface area contributed by atoms with Gasteiger partial charge >= 0.3 is 0 Å². The molecule has 4 nitrogen and oxygen atoms in total. The molecule has 0 aliphatic carbocycles. The lowest BCUT2D eigenvalue weighted by Gasteiger charge is -2.29. The first kappa shape index (κ1) is 13.6. The molecule has 1 amide bonds. The molecular weight excluding hydrogens is 262 g/mol. The molecule has 2 aromatic rings. The second-order valence-electron chi connectivity index (χ2n) is 5.15. The van der Waals surface area contributed by atoms with E-state index in [1.165, 1.54) is 5.56 Å². The Morgan fingerprint density at radius 3 is 3.05 bits per heavy atom. The van der Waals surface area contributed by atoms with Crippen LogP contribution in [0.25, 0.3) is 0 Å². The molecule has 0 spiro atoms. The van der Waals surface area contributed by atoms with Crippen molar-refractivity contribution in [2.24, 2.45) is 0 Å². The summed E-state index contributed by atoms with van der Waals surface area (Å²) < 4.78 is 0. The summed E-state index contributed by atoms with van der Waals surface area (Å²) in [6.45, 7) is 3.61. The molecule has 0 atom stereocenters. The number of carbonyl (C=O) groups is 1. The minimum absolute atomic E-state index is 0.0260. The zero-order chi connectivity index (χ0) is 14.7. The van der Waals surface area contributed by atoms with Crippen LogP contribution in [0.15, 0.2) is 42.6 Å².